The van der Waals surface area contributed by atoms with Crippen LogP contribution in [0.2, 0.25) is 0 Å². The van der Waals surface area contributed by atoms with Crippen LogP contribution in [-0.4, -0.2) is 6.18 Å². The van der Waals surface area contributed by atoms with Gasteiger partial charge in [-0.15, -0.1) is 11.8 Å². The molecule has 0 saturated heterocycles. The summed E-state index contributed by atoms with van der Waals surface area (Å²) in [7, 11) is 0. The minimum Gasteiger partial charge on any atom is -0.171 e. The van der Waals surface area contributed by atoms with Crippen LogP contribution in [-0.2, 0) is 0 Å². The summed E-state index contributed by atoms with van der Waals surface area (Å²) in [5.74, 6) is 4.34. The Balaban J connectivity index is 2.51. The zero-order chi connectivity index (χ0) is 11.9. The fourth-order valence-electron chi connectivity index (χ4n) is 1.98. The summed E-state index contributed by atoms with van der Waals surface area (Å²) in [4.78, 5) is 0. The van der Waals surface area contributed by atoms with Gasteiger partial charge in [-0.1, -0.05) is 32.1 Å². The molecule has 0 bridgehead atoms. The number of hydrogen-bond donors (Lipinski definition) is 0. The third kappa shape index (κ3) is 5.44. The molecule has 0 aromatic carbocycles. The third-order valence-corrected chi connectivity index (χ3v) is 3.04. The van der Waals surface area contributed by atoms with Crippen molar-refractivity contribution in [2.45, 2.75) is 64.0 Å². The van der Waals surface area contributed by atoms with Crippen molar-refractivity contribution < 1.29 is 13.2 Å². The molecule has 1 unspecified atom stereocenters. The van der Waals surface area contributed by atoms with Gasteiger partial charge in [-0.05, 0) is 12.8 Å². The topological polar surface area (TPSA) is 0 Å². The van der Waals surface area contributed by atoms with Crippen molar-refractivity contribution in [1.29, 1.82) is 0 Å². The molecule has 0 nitrogen and oxygen atoms in total. The highest BCUT2D eigenvalue weighted by Gasteiger charge is 2.38. The van der Waals surface area contributed by atoms with E-state index in [0.29, 0.717) is 6.42 Å². The fourth-order valence-corrected chi connectivity index (χ4v) is 1.98. The molecule has 1 aliphatic rings. The maximum Gasteiger partial charge on any atom is 0.392 e. The van der Waals surface area contributed by atoms with E-state index in [1.165, 1.54) is 0 Å². The minimum absolute atomic E-state index is 0.0104. The van der Waals surface area contributed by atoms with Gasteiger partial charge in [-0.3, -0.25) is 0 Å². The van der Waals surface area contributed by atoms with Gasteiger partial charge >= 0.3 is 6.18 Å². The van der Waals surface area contributed by atoms with E-state index in [0.717, 1.165) is 38.5 Å². The summed E-state index contributed by atoms with van der Waals surface area (Å²) < 4.78 is 37.8. The van der Waals surface area contributed by atoms with E-state index in [1.54, 1.807) is 0 Å². The normalized spacial score (nSPS) is 24.8. The van der Waals surface area contributed by atoms with Crippen LogP contribution in [0.25, 0.3) is 0 Å². The van der Waals surface area contributed by atoms with Crippen LogP contribution in [0.5, 0.6) is 0 Å². The second-order valence-corrected chi connectivity index (χ2v) is 4.46. The largest absolute Gasteiger partial charge is 0.392 e. The van der Waals surface area contributed by atoms with Crippen molar-refractivity contribution >= 4 is 0 Å². The molecule has 0 aromatic rings. The van der Waals surface area contributed by atoms with Crippen LogP contribution >= 0.6 is 0 Å². The van der Waals surface area contributed by atoms with E-state index in [2.05, 4.69) is 11.8 Å². The Kier molecular flexibility index (Phi) is 5.73. The molecule has 0 spiro atoms. The lowest BCUT2D eigenvalue weighted by atomic mass is 9.96. The van der Waals surface area contributed by atoms with Crippen LogP contribution < -0.4 is 0 Å². The van der Waals surface area contributed by atoms with Gasteiger partial charge in [0.2, 0.25) is 0 Å². The fraction of sp³-hybridized carbons (Fsp3) is 0.846. The zero-order valence-electron chi connectivity index (χ0n) is 9.58. The molecule has 0 radical (unpaired) electrons. The van der Waals surface area contributed by atoms with Gasteiger partial charge in [0, 0.05) is 12.8 Å². The number of halogens is 3. The molecule has 0 saturated carbocycles. The highest BCUT2D eigenvalue weighted by molar-refractivity contribution is 5.00. The van der Waals surface area contributed by atoms with Crippen LogP contribution in [0.3, 0.4) is 0 Å². The first kappa shape index (κ1) is 13.4. The van der Waals surface area contributed by atoms with Crippen molar-refractivity contribution in [2.24, 2.45) is 5.92 Å². The predicted octanol–water partition coefficient (Wildman–Crippen LogP) is 4.69. The molecule has 1 atom stereocenters. The summed E-state index contributed by atoms with van der Waals surface area (Å²) in [6.45, 7) is 0. The Labute approximate surface area is 95.6 Å². The summed E-state index contributed by atoms with van der Waals surface area (Å²) in [6.07, 6.45) is 2.94. The monoisotopic (exact) mass is 232 g/mol. The Morgan fingerprint density at radius 1 is 0.812 bits per heavy atom. The Hall–Kier alpha value is -0.650. The van der Waals surface area contributed by atoms with Crippen LogP contribution in [0.4, 0.5) is 13.2 Å². The maximum absolute atomic E-state index is 12.6. The van der Waals surface area contributed by atoms with Crippen molar-refractivity contribution in [3.05, 3.63) is 0 Å². The van der Waals surface area contributed by atoms with Gasteiger partial charge < -0.3 is 0 Å². The van der Waals surface area contributed by atoms with Gasteiger partial charge in [0.15, 0.2) is 0 Å². The molecular weight excluding hydrogens is 213 g/mol. The first-order valence-corrected chi connectivity index (χ1v) is 6.13. The summed E-state index contributed by atoms with van der Waals surface area (Å²) >= 11 is 0. The second-order valence-electron chi connectivity index (χ2n) is 4.46. The summed E-state index contributed by atoms with van der Waals surface area (Å²) in [5, 5.41) is 0. The molecule has 0 amide bonds. The number of alkyl halides is 3. The van der Waals surface area contributed by atoms with Crippen molar-refractivity contribution in [1.82, 2.24) is 0 Å². The Morgan fingerprint density at radius 3 is 2.12 bits per heavy atom. The van der Waals surface area contributed by atoms with E-state index in [-0.39, 0.29) is 12.8 Å². The highest BCUT2D eigenvalue weighted by atomic mass is 19.4. The van der Waals surface area contributed by atoms with Crippen molar-refractivity contribution in [2.75, 3.05) is 0 Å². The van der Waals surface area contributed by atoms with E-state index in [1.807, 2.05) is 0 Å². The molecule has 0 aromatic heterocycles. The van der Waals surface area contributed by atoms with Crippen LogP contribution in [0, 0.1) is 17.8 Å². The van der Waals surface area contributed by atoms with Gasteiger partial charge in [-0.25, -0.2) is 0 Å². The standard InChI is InChI=1S/C13H19F3/c14-13(15,16)12-10-8-6-4-2-1-3-5-7-9-11-12/h12H,1-6,8,10-11H2. The molecule has 0 aliphatic heterocycles. The number of rotatable bonds is 0. The van der Waals surface area contributed by atoms with E-state index in [9.17, 15) is 13.2 Å². The average molecular weight is 232 g/mol. The van der Waals surface area contributed by atoms with Crippen molar-refractivity contribution in [3.63, 3.8) is 0 Å². The molecule has 3 heteroatoms. The lowest BCUT2D eigenvalue weighted by molar-refractivity contribution is -0.175. The Bertz CT molecular complexity index is 244. The number of hydrogen-bond acceptors (Lipinski definition) is 0. The van der Waals surface area contributed by atoms with E-state index in [4.69, 9.17) is 0 Å². The molecule has 1 aliphatic carbocycles. The second kappa shape index (κ2) is 6.83. The molecule has 0 N–H and O–H groups in total. The zero-order valence-corrected chi connectivity index (χ0v) is 9.58. The molecule has 0 heterocycles. The molecule has 16 heavy (non-hydrogen) atoms. The molecular formula is C13H19F3. The smallest absolute Gasteiger partial charge is 0.171 e. The lowest BCUT2D eigenvalue weighted by Gasteiger charge is -2.18. The molecule has 0 fully saturated rings. The first-order valence-electron chi connectivity index (χ1n) is 6.13. The molecule has 92 valence electrons. The first-order chi connectivity index (χ1) is 7.61. The van der Waals surface area contributed by atoms with Gasteiger partial charge in [0.1, 0.15) is 0 Å². The third-order valence-electron chi connectivity index (χ3n) is 3.04. The predicted molar refractivity (Wildman–Crippen MR) is 58.9 cm³/mol. The summed E-state index contributed by atoms with van der Waals surface area (Å²) in [6, 6.07) is 0. The van der Waals surface area contributed by atoms with E-state index < -0.39 is 12.1 Å². The SMILES string of the molecule is FC(F)(F)C1CC#CCCCCCCCC1. The van der Waals surface area contributed by atoms with Gasteiger partial charge in [0.25, 0.3) is 0 Å². The van der Waals surface area contributed by atoms with Crippen molar-refractivity contribution in [3.8, 4) is 11.8 Å². The van der Waals surface area contributed by atoms with Crippen LogP contribution in [0.15, 0.2) is 0 Å². The molecule has 1 rings (SSSR count). The van der Waals surface area contributed by atoms with Gasteiger partial charge in [-0.2, -0.15) is 13.2 Å². The highest BCUT2D eigenvalue weighted by Crippen LogP contribution is 2.32. The maximum atomic E-state index is 12.6. The Morgan fingerprint density at radius 2 is 1.44 bits per heavy atom. The summed E-state index contributed by atoms with van der Waals surface area (Å²) in [5.41, 5.74) is 0. The minimum atomic E-state index is -4.07. The lowest BCUT2D eigenvalue weighted by Crippen LogP contribution is -2.22. The average Bonchev–Trinajstić information content (AvgIpc) is 2.16. The van der Waals surface area contributed by atoms with E-state index >= 15 is 0 Å². The quantitative estimate of drug-likeness (QED) is 0.531. The van der Waals surface area contributed by atoms with Gasteiger partial charge in [0.05, 0.1) is 5.92 Å². The van der Waals surface area contributed by atoms with Crippen LogP contribution in [0.1, 0.15) is 57.8 Å².